The van der Waals surface area contributed by atoms with Gasteiger partial charge in [-0.05, 0) is 18.1 Å². The molecule has 0 saturated heterocycles. The van der Waals surface area contributed by atoms with Gasteiger partial charge in [-0.3, -0.25) is 10.1 Å². The summed E-state index contributed by atoms with van der Waals surface area (Å²) in [5.41, 5.74) is 2.96. The zero-order valence-electron chi connectivity index (χ0n) is 11.2. The topological polar surface area (TPSA) is 58.3 Å². The van der Waals surface area contributed by atoms with Gasteiger partial charge in [-0.1, -0.05) is 19.4 Å². The molecule has 0 radical (unpaired) electrons. The zero-order chi connectivity index (χ0) is 13.9. The number of aliphatic imine (C=N–C) groups is 1. The van der Waals surface area contributed by atoms with E-state index < -0.39 is 0 Å². The van der Waals surface area contributed by atoms with Gasteiger partial charge in [-0.15, -0.1) is 0 Å². The molecule has 2 aromatic rings. The highest BCUT2D eigenvalue weighted by Crippen LogP contribution is 2.39. The van der Waals surface area contributed by atoms with Crippen LogP contribution in [0.15, 0.2) is 35.7 Å². The van der Waals surface area contributed by atoms with E-state index in [1.807, 2.05) is 18.3 Å². The van der Waals surface area contributed by atoms with Crippen molar-refractivity contribution in [1.82, 2.24) is 15.2 Å². The highest BCUT2D eigenvalue weighted by molar-refractivity contribution is 5.96. The minimum absolute atomic E-state index is 0.0333. The minimum Gasteiger partial charge on any atom is -0.306 e. The maximum atomic E-state index is 7.57. The summed E-state index contributed by atoms with van der Waals surface area (Å²) in [6.07, 6.45) is 7.17. The van der Waals surface area contributed by atoms with Gasteiger partial charge in [-0.2, -0.15) is 5.10 Å². The van der Waals surface area contributed by atoms with E-state index in [2.05, 4.69) is 31.9 Å². The number of hydrogen-bond donors (Lipinski definition) is 1. The van der Waals surface area contributed by atoms with Crippen molar-refractivity contribution in [2.24, 2.45) is 4.99 Å². The Bertz CT molecular complexity index is 665. The third kappa shape index (κ3) is 1.99. The Labute approximate surface area is 117 Å². The number of nitrogens with one attached hydrogen (secondary N) is 1. The number of nitrogens with zero attached hydrogens (tertiary/aromatic N) is 4. The summed E-state index contributed by atoms with van der Waals surface area (Å²) < 4.78 is 0. The van der Waals surface area contributed by atoms with Crippen LogP contribution in [-0.4, -0.2) is 26.9 Å². The second-order valence-electron chi connectivity index (χ2n) is 4.87. The maximum Gasteiger partial charge on any atom is 0.272 e. The highest BCUT2D eigenvalue weighted by Gasteiger charge is 2.39. The molecule has 20 heavy (non-hydrogen) atoms. The molecule has 0 aromatic carbocycles. The third-order valence-corrected chi connectivity index (χ3v) is 3.58. The molecule has 1 aliphatic heterocycles. The minimum atomic E-state index is -0.260. The lowest BCUT2D eigenvalue weighted by Gasteiger charge is -2.23. The van der Waals surface area contributed by atoms with E-state index in [1.54, 1.807) is 12.4 Å². The fourth-order valence-corrected chi connectivity index (χ4v) is 2.71. The van der Waals surface area contributed by atoms with Crippen molar-refractivity contribution in [3.05, 3.63) is 53.3 Å². The molecule has 5 nitrogen and oxygen atoms in total. The van der Waals surface area contributed by atoms with Crippen LogP contribution in [0.5, 0.6) is 0 Å². The van der Waals surface area contributed by atoms with E-state index in [-0.39, 0.29) is 12.0 Å². The Hall–Kier alpha value is -2.48. The van der Waals surface area contributed by atoms with Gasteiger partial charge in [0.25, 0.3) is 6.04 Å². The summed E-state index contributed by atoms with van der Waals surface area (Å²) >= 11 is 0. The highest BCUT2D eigenvalue weighted by atomic mass is 15.2. The smallest absolute Gasteiger partial charge is 0.272 e. The average Bonchev–Trinajstić information content (AvgIpc) is 2.95. The molecule has 0 saturated carbocycles. The molecule has 0 aliphatic carbocycles. The first-order valence-electron chi connectivity index (χ1n) is 6.72. The standard InChI is InChI=1S/C15H15N5/c1-3-5-12-14(16-2)13(10-6-4-7-17-8-10)11-9-18-20-15(11)19-12/h4,6-9,13-14H,3,5H2,1H3,(H,18,20). The number of rotatable bonds is 3. The number of pyridine rings is 1. The molecule has 100 valence electrons. The van der Waals surface area contributed by atoms with Crippen LogP contribution in [0.4, 0.5) is 5.82 Å². The van der Waals surface area contributed by atoms with Crippen LogP contribution < -0.4 is 0 Å². The van der Waals surface area contributed by atoms with E-state index in [9.17, 15) is 0 Å². The zero-order valence-corrected chi connectivity index (χ0v) is 11.2. The number of aromatic amines is 1. The molecule has 5 heteroatoms. The fraction of sp³-hybridized carbons (Fsp3) is 0.333. The summed E-state index contributed by atoms with van der Waals surface area (Å²) in [7, 11) is 0. The molecular weight excluding hydrogens is 250 g/mol. The van der Waals surface area contributed by atoms with Crippen LogP contribution in [-0.2, 0) is 0 Å². The molecule has 2 unspecified atom stereocenters. The molecule has 3 rings (SSSR count). The van der Waals surface area contributed by atoms with Crippen LogP contribution in [0.25, 0.3) is 4.85 Å². The summed E-state index contributed by atoms with van der Waals surface area (Å²) in [5.74, 6) is 0.746. The molecule has 0 bridgehead atoms. The summed E-state index contributed by atoms with van der Waals surface area (Å²) in [6, 6.07) is 3.66. The first-order valence-corrected chi connectivity index (χ1v) is 6.72. The van der Waals surface area contributed by atoms with Gasteiger partial charge >= 0.3 is 0 Å². The van der Waals surface area contributed by atoms with E-state index in [1.165, 1.54) is 0 Å². The predicted molar refractivity (Wildman–Crippen MR) is 77.1 cm³/mol. The first kappa shape index (κ1) is 12.5. The second kappa shape index (κ2) is 5.25. The summed E-state index contributed by atoms with van der Waals surface area (Å²) in [5, 5.41) is 7.02. The number of H-pyrrole nitrogens is 1. The lowest BCUT2D eigenvalue weighted by Crippen LogP contribution is -2.28. The Morgan fingerprint density at radius 3 is 3.00 bits per heavy atom. The third-order valence-electron chi connectivity index (χ3n) is 3.58. The lowest BCUT2D eigenvalue weighted by atomic mass is 9.82. The fourth-order valence-electron chi connectivity index (χ4n) is 2.71. The monoisotopic (exact) mass is 265 g/mol. The molecule has 0 fully saturated rings. The van der Waals surface area contributed by atoms with Crippen LogP contribution in [0.2, 0.25) is 0 Å². The van der Waals surface area contributed by atoms with Crippen molar-refractivity contribution in [3.63, 3.8) is 0 Å². The molecule has 1 aliphatic rings. The first-order chi connectivity index (χ1) is 9.85. The van der Waals surface area contributed by atoms with E-state index in [4.69, 9.17) is 6.57 Å². The quantitative estimate of drug-likeness (QED) is 0.867. The van der Waals surface area contributed by atoms with Gasteiger partial charge in [-0.25, -0.2) is 11.6 Å². The Morgan fingerprint density at radius 1 is 1.40 bits per heavy atom. The number of aromatic nitrogens is 3. The van der Waals surface area contributed by atoms with E-state index in [0.717, 1.165) is 35.5 Å². The number of fused-ring (bicyclic) bond motifs is 1. The Morgan fingerprint density at radius 2 is 2.30 bits per heavy atom. The molecule has 0 spiro atoms. The van der Waals surface area contributed by atoms with Gasteiger partial charge < -0.3 is 4.85 Å². The Kier molecular flexibility index (Phi) is 3.30. The molecular formula is C15H15N5. The van der Waals surface area contributed by atoms with Crippen molar-refractivity contribution in [2.45, 2.75) is 31.7 Å². The lowest BCUT2D eigenvalue weighted by molar-refractivity contribution is 0.765. The summed E-state index contributed by atoms with van der Waals surface area (Å²) in [4.78, 5) is 12.6. The van der Waals surface area contributed by atoms with Crippen molar-refractivity contribution in [3.8, 4) is 0 Å². The van der Waals surface area contributed by atoms with Crippen molar-refractivity contribution < 1.29 is 0 Å². The van der Waals surface area contributed by atoms with Crippen LogP contribution in [0, 0.1) is 6.57 Å². The van der Waals surface area contributed by atoms with Crippen molar-refractivity contribution in [1.29, 1.82) is 0 Å². The maximum absolute atomic E-state index is 7.57. The molecule has 1 N–H and O–H groups in total. The van der Waals surface area contributed by atoms with E-state index >= 15 is 0 Å². The normalized spacial score (nSPS) is 20.9. The molecule has 0 amide bonds. The number of hydrogen-bond acceptors (Lipinski definition) is 3. The SMILES string of the molecule is [C-]#[N+]C1C(CCC)=Nc2[nH]ncc2C1c1cccnc1. The van der Waals surface area contributed by atoms with Gasteiger partial charge in [0.1, 0.15) is 5.71 Å². The van der Waals surface area contributed by atoms with Crippen molar-refractivity contribution >= 4 is 11.5 Å². The van der Waals surface area contributed by atoms with Gasteiger partial charge in [0, 0.05) is 18.0 Å². The van der Waals surface area contributed by atoms with Gasteiger partial charge in [0.05, 0.1) is 12.1 Å². The van der Waals surface area contributed by atoms with Crippen LogP contribution in [0.1, 0.15) is 36.8 Å². The van der Waals surface area contributed by atoms with Crippen molar-refractivity contribution in [2.75, 3.05) is 0 Å². The van der Waals surface area contributed by atoms with Gasteiger partial charge in [0.2, 0.25) is 0 Å². The Balaban J connectivity index is 2.13. The predicted octanol–water partition coefficient (Wildman–Crippen LogP) is 3.11. The van der Waals surface area contributed by atoms with Crippen LogP contribution in [0.3, 0.4) is 0 Å². The summed E-state index contributed by atoms with van der Waals surface area (Å²) in [6.45, 7) is 9.68. The average molecular weight is 265 g/mol. The van der Waals surface area contributed by atoms with E-state index in [0.29, 0.717) is 0 Å². The largest absolute Gasteiger partial charge is 0.306 e. The van der Waals surface area contributed by atoms with Crippen LogP contribution >= 0.6 is 0 Å². The molecule has 2 aromatic heterocycles. The molecule has 2 atom stereocenters. The second-order valence-corrected chi connectivity index (χ2v) is 4.87. The van der Waals surface area contributed by atoms with Gasteiger partial charge in [0.15, 0.2) is 5.82 Å². The molecule has 3 heterocycles.